The van der Waals surface area contributed by atoms with Crippen molar-refractivity contribution in [3.8, 4) is 5.69 Å². The van der Waals surface area contributed by atoms with Gasteiger partial charge in [-0.3, -0.25) is 9.59 Å². The molecule has 0 unspecified atom stereocenters. The molecule has 1 aromatic carbocycles. The Hall–Kier alpha value is -3.90. The Bertz CT molecular complexity index is 1230. The molecule has 2 aromatic heterocycles. The largest absolute Gasteiger partial charge is 0.435 e. The van der Waals surface area contributed by atoms with Gasteiger partial charge in [0.05, 0.1) is 11.3 Å². The van der Waals surface area contributed by atoms with Crippen molar-refractivity contribution in [3.05, 3.63) is 64.2 Å². The predicted octanol–water partition coefficient (Wildman–Crippen LogP) is 2.48. The van der Waals surface area contributed by atoms with E-state index in [1.165, 1.54) is 0 Å². The Kier molecular flexibility index (Phi) is 7.03. The van der Waals surface area contributed by atoms with Gasteiger partial charge in [-0.15, -0.1) is 5.10 Å². The third kappa shape index (κ3) is 5.78. The van der Waals surface area contributed by atoms with Crippen LogP contribution in [0.5, 0.6) is 0 Å². The molecule has 3 heterocycles. The molecule has 0 saturated carbocycles. The molecule has 1 saturated heterocycles. The van der Waals surface area contributed by atoms with E-state index in [1.54, 1.807) is 35.2 Å². The van der Waals surface area contributed by atoms with Gasteiger partial charge in [-0.2, -0.15) is 18.3 Å². The molecule has 35 heavy (non-hydrogen) atoms. The smallest absolute Gasteiger partial charge is 0.392 e. The lowest BCUT2D eigenvalue weighted by atomic mass is 9.96. The maximum Gasteiger partial charge on any atom is 0.435 e. The second-order valence-electron chi connectivity index (χ2n) is 8.14. The van der Waals surface area contributed by atoms with Gasteiger partial charge >= 0.3 is 11.9 Å². The second-order valence-corrected chi connectivity index (χ2v) is 8.14. The van der Waals surface area contributed by atoms with Gasteiger partial charge in [0.15, 0.2) is 5.69 Å². The van der Waals surface area contributed by atoms with E-state index in [2.05, 4.69) is 20.6 Å². The summed E-state index contributed by atoms with van der Waals surface area (Å²) in [5.74, 6) is -1.35. The Labute approximate surface area is 197 Å². The number of aromatic amines is 1. The van der Waals surface area contributed by atoms with Gasteiger partial charge in [-0.1, -0.05) is 18.2 Å². The third-order valence-corrected chi connectivity index (χ3v) is 5.75. The fraction of sp³-hybridized carbons (Fsp3) is 0.409. The van der Waals surface area contributed by atoms with Crippen LogP contribution in [0.25, 0.3) is 5.69 Å². The molecule has 0 aliphatic carbocycles. The number of likely N-dealkylation sites (tertiary alicyclic amines) is 1. The number of amides is 2. The average molecular weight is 492 g/mol. The lowest BCUT2D eigenvalue weighted by Crippen LogP contribution is -2.38. The van der Waals surface area contributed by atoms with Crippen molar-refractivity contribution in [2.75, 3.05) is 19.6 Å². The van der Waals surface area contributed by atoms with Crippen LogP contribution < -0.4 is 11.1 Å². The van der Waals surface area contributed by atoms with Crippen LogP contribution in [0, 0.1) is 0 Å². The van der Waals surface area contributed by atoms with Crippen molar-refractivity contribution in [2.45, 2.75) is 37.8 Å². The van der Waals surface area contributed by atoms with E-state index in [0.29, 0.717) is 37.5 Å². The number of carbonyl (C=O) groups excluding carboxylic acids is 2. The highest BCUT2D eigenvalue weighted by Gasteiger charge is 2.39. The van der Waals surface area contributed by atoms with Crippen molar-refractivity contribution in [3.63, 3.8) is 0 Å². The van der Waals surface area contributed by atoms with Crippen LogP contribution >= 0.6 is 0 Å². The van der Waals surface area contributed by atoms with Crippen LogP contribution in [-0.2, 0) is 11.0 Å². The molecular formula is C22H23F3N6O4. The van der Waals surface area contributed by atoms with Crippen LogP contribution in [0.3, 0.4) is 0 Å². The molecule has 0 atom stereocenters. The van der Waals surface area contributed by atoms with E-state index in [1.807, 2.05) is 0 Å². The number of H-pyrrole nitrogens is 1. The molecule has 1 fully saturated rings. The molecule has 186 valence electrons. The highest BCUT2D eigenvalue weighted by Crippen LogP contribution is 2.31. The molecule has 1 aliphatic rings. The third-order valence-electron chi connectivity index (χ3n) is 5.75. The Morgan fingerprint density at radius 2 is 1.89 bits per heavy atom. The van der Waals surface area contributed by atoms with E-state index in [9.17, 15) is 27.6 Å². The molecular weight excluding hydrogens is 469 g/mol. The minimum absolute atomic E-state index is 0.0350. The van der Waals surface area contributed by atoms with Crippen molar-refractivity contribution in [1.82, 2.24) is 30.2 Å². The molecule has 2 amide bonds. The van der Waals surface area contributed by atoms with Crippen LogP contribution in [0.4, 0.5) is 13.2 Å². The SMILES string of the molecule is O=C(NCCCC(=O)N1CCC(c2n[nH]c(=O)o2)CC1)c1cn(-c2ccccc2)nc1C(F)(F)F. The zero-order valence-corrected chi connectivity index (χ0v) is 18.5. The van der Waals surface area contributed by atoms with Gasteiger partial charge < -0.3 is 14.6 Å². The standard InChI is InChI=1S/C22H23F3N6O4/c23-22(24,25)18-16(13-31(29-18)15-5-2-1-3-6-15)19(33)26-10-4-7-17(32)30-11-8-14(9-12-30)20-27-28-21(34)35-20/h1-3,5-6,13-14H,4,7-12H2,(H,26,33)(H,28,34). The van der Waals surface area contributed by atoms with Gasteiger partial charge in [0.1, 0.15) is 0 Å². The number of halogens is 3. The summed E-state index contributed by atoms with van der Waals surface area (Å²) in [4.78, 5) is 37.7. The molecule has 3 aromatic rings. The summed E-state index contributed by atoms with van der Waals surface area (Å²) in [6, 6.07) is 8.17. The summed E-state index contributed by atoms with van der Waals surface area (Å²) in [5.41, 5.74) is -1.47. The minimum Gasteiger partial charge on any atom is -0.392 e. The van der Waals surface area contributed by atoms with E-state index in [4.69, 9.17) is 4.42 Å². The van der Waals surface area contributed by atoms with Gasteiger partial charge in [0.25, 0.3) is 5.91 Å². The minimum atomic E-state index is -4.80. The second kappa shape index (κ2) is 10.2. The average Bonchev–Trinajstić information content (AvgIpc) is 3.49. The monoisotopic (exact) mass is 492 g/mol. The van der Waals surface area contributed by atoms with Crippen molar-refractivity contribution in [2.24, 2.45) is 0 Å². The fourth-order valence-corrected chi connectivity index (χ4v) is 3.95. The van der Waals surface area contributed by atoms with E-state index in [0.717, 1.165) is 10.9 Å². The number of piperidine rings is 1. The first kappa shape index (κ1) is 24.2. The first-order valence-corrected chi connectivity index (χ1v) is 11.1. The quantitative estimate of drug-likeness (QED) is 0.488. The van der Waals surface area contributed by atoms with Crippen LogP contribution in [0.2, 0.25) is 0 Å². The van der Waals surface area contributed by atoms with E-state index in [-0.39, 0.29) is 31.2 Å². The zero-order valence-electron chi connectivity index (χ0n) is 18.5. The number of hydrogen-bond donors (Lipinski definition) is 2. The molecule has 1 aliphatic heterocycles. The van der Waals surface area contributed by atoms with Crippen molar-refractivity contribution >= 4 is 11.8 Å². The van der Waals surface area contributed by atoms with E-state index < -0.39 is 29.1 Å². The van der Waals surface area contributed by atoms with Crippen LogP contribution in [0.15, 0.2) is 45.7 Å². The first-order chi connectivity index (χ1) is 16.7. The molecule has 13 heteroatoms. The van der Waals surface area contributed by atoms with Gasteiger partial charge in [-0.25, -0.2) is 14.6 Å². The topological polar surface area (TPSA) is 126 Å². The van der Waals surface area contributed by atoms with Gasteiger partial charge in [0, 0.05) is 38.2 Å². The number of hydrogen-bond acceptors (Lipinski definition) is 6. The number of benzene rings is 1. The molecule has 4 rings (SSSR count). The Balaban J connectivity index is 1.27. The molecule has 0 bridgehead atoms. The number of carbonyl (C=O) groups is 2. The summed E-state index contributed by atoms with van der Waals surface area (Å²) < 4.78 is 46.3. The summed E-state index contributed by atoms with van der Waals surface area (Å²) in [7, 11) is 0. The number of rotatable bonds is 7. The van der Waals surface area contributed by atoms with E-state index >= 15 is 0 Å². The number of nitrogens with zero attached hydrogens (tertiary/aromatic N) is 4. The molecule has 2 N–H and O–H groups in total. The number of alkyl halides is 3. The Morgan fingerprint density at radius 3 is 2.51 bits per heavy atom. The lowest BCUT2D eigenvalue weighted by Gasteiger charge is -2.30. The normalized spacial score (nSPS) is 14.8. The highest BCUT2D eigenvalue weighted by atomic mass is 19.4. The molecule has 0 radical (unpaired) electrons. The number of aromatic nitrogens is 4. The lowest BCUT2D eigenvalue weighted by molar-refractivity contribution is -0.141. The highest BCUT2D eigenvalue weighted by molar-refractivity contribution is 5.95. The Morgan fingerprint density at radius 1 is 1.17 bits per heavy atom. The maximum absolute atomic E-state index is 13.4. The summed E-state index contributed by atoms with van der Waals surface area (Å²) >= 11 is 0. The van der Waals surface area contributed by atoms with Crippen LogP contribution in [0.1, 0.15) is 53.5 Å². The maximum atomic E-state index is 13.4. The summed E-state index contributed by atoms with van der Waals surface area (Å²) in [5, 5.41) is 12.1. The molecule has 0 spiro atoms. The number of para-hydroxylation sites is 1. The van der Waals surface area contributed by atoms with Crippen molar-refractivity contribution < 1.29 is 27.2 Å². The first-order valence-electron chi connectivity index (χ1n) is 11.1. The predicted molar refractivity (Wildman–Crippen MR) is 116 cm³/mol. The zero-order chi connectivity index (χ0) is 25.0. The van der Waals surface area contributed by atoms with Gasteiger partial charge in [-0.05, 0) is 31.4 Å². The summed E-state index contributed by atoms with van der Waals surface area (Å²) in [6.07, 6.45) is -2.15. The fourth-order valence-electron chi connectivity index (χ4n) is 3.95. The van der Waals surface area contributed by atoms with Crippen molar-refractivity contribution in [1.29, 1.82) is 0 Å². The number of nitrogens with one attached hydrogen (secondary N) is 2. The van der Waals surface area contributed by atoms with Gasteiger partial charge in [0.2, 0.25) is 11.8 Å². The molecule has 10 nitrogen and oxygen atoms in total. The van der Waals surface area contributed by atoms with Crippen LogP contribution in [-0.4, -0.2) is 56.3 Å². The summed E-state index contributed by atoms with van der Waals surface area (Å²) in [6.45, 7) is 0.980.